The Bertz CT molecular complexity index is 1090. The van der Waals surface area contributed by atoms with Crippen LogP contribution in [-0.2, 0) is 13.0 Å². The lowest BCUT2D eigenvalue weighted by Gasteiger charge is -2.32. The minimum absolute atomic E-state index is 1.00. The second kappa shape index (κ2) is 8.03. The number of fused-ring (bicyclic) bond motifs is 2. The summed E-state index contributed by atoms with van der Waals surface area (Å²) in [5, 5.41) is 1.31. The molecule has 0 amide bonds. The molecule has 0 radical (unpaired) electrons. The Morgan fingerprint density at radius 3 is 2.45 bits per heavy atom. The number of aromatic nitrogens is 1. The Balaban J connectivity index is 1.47. The molecule has 29 heavy (non-hydrogen) atoms. The lowest BCUT2D eigenvalue weighted by atomic mass is 10.1. The largest absolute Gasteiger partial charge is 0.339 e. The van der Waals surface area contributed by atoms with Gasteiger partial charge in [0.1, 0.15) is 0 Å². The minimum Gasteiger partial charge on any atom is -0.339 e. The minimum atomic E-state index is 1.00. The predicted octanol–water partition coefficient (Wildman–Crippen LogP) is 5.51. The van der Waals surface area contributed by atoms with Crippen molar-refractivity contribution in [3.63, 3.8) is 0 Å². The summed E-state index contributed by atoms with van der Waals surface area (Å²) in [5.74, 6) is 0. The van der Waals surface area contributed by atoms with Gasteiger partial charge < -0.3 is 9.47 Å². The molecular weight excluding hydrogens is 490 g/mol. The quantitative estimate of drug-likeness (QED) is 0.454. The molecule has 1 aliphatic heterocycles. The predicted molar refractivity (Wildman–Crippen MR) is 129 cm³/mol. The summed E-state index contributed by atoms with van der Waals surface area (Å²) in [7, 11) is 2.22. The third-order valence-electron chi connectivity index (χ3n) is 6.24. The molecule has 1 aliphatic carbocycles. The molecule has 0 unspecified atom stereocenters. The maximum absolute atomic E-state index is 3.65. The molecule has 0 atom stereocenters. The third kappa shape index (κ3) is 3.98. The van der Waals surface area contributed by atoms with Gasteiger partial charge in [0.25, 0.3) is 0 Å². The van der Waals surface area contributed by atoms with Gasteiger partial charge in [0.05, 0.1) is 0 Å². The van der Waals surface area contributed by atoms with Crippen molar-refractivity contribution >= 4 is 54.4 Å². The number of piperazine rings is 1. The van der Waals surface area contributed by atoms with E-state index in [9.17, 15) is 0 Å². The van der Waals surface area contributed by atoms with Crippen LogP contribution in [0.15, 0.2) is 51.4 Å². The number of hydrogen-bond acceptors (Lipinski definition) is 2. The molecule has 1 fully saturated rings. The summed E-state index contributed by atoms with van der Waals surface area (Å²) in [4.78, 5) is 5.02. The van der Waals surface area contributed by atoms with E-state index < -0.39 is 0 Å². The first-order chi connectivity index (χ1) is 14.1. The van der Waals surface area contributed by atoms with E-state index in [1.165, 1.54) is 59.5 Å². The number of nitrogens with zero attached hydrogens (tertiary/aromatic N) is 3. The van der Waals surface area contributed by atoms with Crippen molar-refractivity contribution in [3.8, 4) is 0 Å². The molecular formula is C24H25Br2N3. The summed E-state index contributed by atoms with van der Waals surface area (Å²) >= 11 is 7.27. The summed E-state index contributed by atoms with van der Waals surface area (Å²) < 4.78 is 4.83. The van der Waals surface area contributed by atoms with E-state index in [1.54, 1.807) is 0 Å². The standard InChI is InChI=1S/C24H25Br2N3/c1-27-6-8-28(9-7-27)10-11-29-23-5-4-22(26)15-20(23)16-24(29)19-12-17-2-3-21(25)14-18(17)13-19/h2-5,12,14-16H,6-11,13H2,1H3. The zero-order valence-corrected chi connectivity index (χ0v) is 19.8. The Labute approximate surface area is 189 Å². The summed E-state index contributed by atoms with van der Waals surface area (Å²) in [6.07, 6.45) is 3.37. The highest BCUT2D eigenvalue weighted by atomic mass is 79.9. The van der Waals surface area contributed by atoms with Gasteiger partial charge in [-0.05, 0) is 66.2 Å². The van der Waals surface area contributed by atoms with E-state index in [0.29, 0.717) is 0 Å². The van der Waals surface area contributed by atoms with Crippen LogP contribution >= 0.6 is 31.9 Å². The third-order valence-corrected chi connectivity index (χ3v) is 7.23. The van der Waals surface area contributed by atoms with Crippen LogP contribution in [0.2, 0.25) is 0 Å². The molecule has 2 aliphatic rings. The van der Waals surface area contributed by atoms with Crippen LogP contribution in [0.1, 0.15) is 16.8 Å². The number of allylic oxidation sites excluding steroid dienone is 1. The van der Waals surface area contributed by atoms with Crippen molar-refractivity contribution in [1.29, 1.82) is 0 Å². The zero-order chi connectivity index (χ0) is 20.0. The van der Waals surface area contributed by atoms with Gasteiger partial charge in [0, 0.05) is 71.2 Å². The highest BCUT2D eigenvalue weighted by Gasteiger charge is 2.20. The fourth-order valence-corrected chi connectivity index (χ4v) is 5.33. The maximum Gasteiger partial charge on any atom is 0.0486 e. The van der Waals surface area contributed by atoms with Gasteiger partial charge >= 0.3 is 0 Å². The van der Waals surface area contributed by atoms with Crippen molar-refractivity contribution in [2.24, 2.45) is 0 Å². The summed E-state index contributed by atoms with van der Waals surface area (Å²) in [5.41, 5.74) is 6.87. The molecule has 3 nitrogen and oxygen atoms in total. The Morgan fingerprint density at radius 1 is 0.862 bits per heavy atom. The Morgan fingerprint density at radius 2 is 1.62 bits per heavy atom. The monoisotopic (exact) mass is 513 g/mol. The van der Waals surface area contributed by atoms with Gasteiger partial charge in [-0.3, -0.25) is 4.90 Å². The second-order valence-corrected chi connectivity index (χ2v) is 10.1. The molecule has 0 N–H and O–H groups in total. The van der Waals surface area contributed by atoms with Crippen molar-refractivity contribution < 1.29 is 0 Å². The smallest absolute Gasteiger partial charge is 0.0486 e. The van der Waals surface area contributed by atoms with E-state index in [-0.39, 0.29) is 0 Å². The van der Waals surface area contributed by atoms with Crippen molar-refractivity contribution in [1.82, 2.24) is 14.4 Å². The molecule has 0 saturated carbocycles. The van der Waals surface area contributed by atoms with Crippen LogP contribution in [0.5, 0.6) is 0 Å². The van der Waals surface area contributed by atoms with Gasteiger partial charge in [-0.2, -0.15) is 0 Å². The topological polar surface area (TPSA) is 11.4 Å². The first-order valence-corrected chi connectivity index (χ1v) is 11.8. The van der Waals surface area contributed by atoms with Crippen LogP contribution in [-0.4, -0.2) is 54.1 Å². The average Bonchev–Trinajstić information content (AvgIpc) is 3.27. The first kappa shape index (κ1) is 19.6. The zero-order valence-electron chi connectivity index (χ0n) is 16.7. The highest BCUT2D eigenvalue weighted by Crippen LogP contribution is 2.36. The van der Waals surface area contributed by atoms with Crippen molar-refractivity contribution in [3.05, 3.63) is 68.2 Å². The van der Waals surface area contributed by atoms with Crippen LogP contribution in [0.4, 0.5) is 0 Å². The van der Waals surface area contributed by atoms with Gasteiger partial charge in [-0.25, -0.2) is 0 Å². The molecule has 5 heteroatoms. The van der Waals surface area contributed by atoms with Gasteiger partial charge in [0.2, 0.25) is 0 Å². The number of hydrogen-bond donors (Lipinski definition) is 0. The maximum atomic E-state index is 3.65. The van der Waals surface area contributed by atoms with Crippen molar-refractivity contribution in [2.45, 2.75) is 13.0 Å². The van der Waals surface area contributed by atoms with Crippen LogP contribution in [0.3, 0.4) is 0 Å². The Kier molecular flexibility index (Phi) is 5.41. The highest BCUT2D eigenvalue weighted by molar-refractivity contribution is 9.10. The molecule has 0 spiro atoms. The van der Waals surface area contributed by atoms with Crippen LogP contribution in [0.25, 0.3) is 22.6 Å². The molecule has 1 saturated heterocycles. The fourth-order valence-electron chi connectivity index (χ4n) is 4.54. The number of likely N-dealkylation sites (N-methyl/N-ethyl adjacent to an activating group) is 1. The second-order valence-electron chi connectivity index (χ2n) is 8.22. The van der Waals surface area contributed by atoms with Gasteiger partial charge in [0.15, 0.2) is 0 Å². The Hall–Kier alpha value is -1.40. The van der Waals surface area contributed by atoms with Crippen LogP contribution in [0, 0.1) is 0 Å². The molecule has 2 aromatic carbocycles. The SMILES string of the molecule is CN1CCN(CCn2c(C3=Cc4ccc(Br)cc4C3)cc3cc(Br)ccc32)CC1. The van der Waals surface area contributed by atoms with E-state index in [1.807, 2.05) is 0 Å². The van der Waals surface area contributed by atoms with E-state index in [4.69, 9.17) is 0 Å². The molecule has 3 aromatic rings. The van der Waals surface area contributed by atoms with Gasteiger partial charge in [-0.1, -0.05) is 37.9 Å². The number of benzene rings is 2. The fraction of sp³-hybridized carbons (Fsp3) is 0.333. The summed E-state index contributed by atoms with van der Waals surface area (Å²) in [6, 6.07) is 15.6. The average molecular weight is 515 g/mol. The van der Waals surface area contributed by atoms with Gasteiger partial charge in [-0.15, -0.1) is 0 Å². The van der Waals surface area contributed by atoms with E-state index >= 15 is 0 Å². The number of halogens is 2. The number of rotatable bonds is 4. The molecule has 2 heterocycles. The molecule has 150 valence electrons. The summed E-state index contributed by atoms with van der Waals surface area (Å²) in [6.45, 7) is 6.80. The van der Waals surface area contributed by atoms with E-state index in [0.717, 1.165) is 28.5 Å². The first-order valence-electron chi connectivity index (χ1n) is 10.3. The molecule has 5 rings (SSSR count). The van der Waals surface area contributed by atoms with Crippen LogP contribution < -0.4 is 0 Å². The lowest BCUT2D eigenvalue weighted by Crippen LogP contribution is -2.45. The van der Waals surface area contributed by atoms with Crippen molar-refractivity contribution in [2.75, 3.05) is 39.8 Å². The van der Waals surface area contributed by atoms with E-state index in [2.05, 4.69) is 102 Å². The normalized spacial score (nSPS) is 17.7. The lowest BCUT2D eigenvalue weighted by molar-refractivity contribution is 0.150. The molecule has 1 aromatic heterocycles. The molecule has 0 bridgehead atoms.